The largest absolute Gasteiger partial charge is 2.00 e. The number of unbranched alkanes of at least 4 members (excludes halogenated alkanes) is 10. The zero-order valence-electron chi connectivity index (χ0n) is 67.1. The topological polar surface area (TPSA) is 50.6 Å². The van der Waals surface area contributed by atoms with Gasteiger partial charge in [-0.05, 0) is 240 Å². The first-order valence-electron chi connectivity index (χ1n) is 39.8. The van der Waals surface area contributed by atoms with Gasteiger partial charge in [0.15, 0.2) is 0 Å². The molecule has 0 spiro atoms. The molecule has 4 nitrogen and oxygen atoms in total. The first kappa shape index (κ1) is 93.5. The summed E-state index contributed by atoms with van der Waals surface area (Å²) in [5.41, 5.74) is 55.3. The van der Waals surface area contributed by atoms with Gasteiger partial charge in [-0.2, -0.15) is 85.6 Å². The number of nitrogens with zero attached hydrogens (tertiary/aromatic N) is 4. The van der Waals surface area contributed by atoms with Gasteiger partial charge in [0.05, 0.1) is 0 Å². The fraction of sp³-hybridized carbons (Fsp3) is 0.516. The Balaban J connectivity index is 0.000000790. The standard InChI is InChI=1S/C43H66N2.C32H44N2.2C6H5.2C4H9.2Ni/c1-9-17-19-27-41-40(26-18-10-2)42(36-28-32(20-11-3)38(24-15-7)33(29-36)21-12-4)45(44)43(41)37-30-34(22-13-5)39(25-16-8)35(31-37)23-14-6;1-9-11-12-13-14-15-16-30-29(10-2)31(27-17-21(3)25(7)22(4)18-27)34(33)32(30)28-19-23(5)26(8)24(6)20-28;2*1-2-4-6-5-3-1;2*1-3-4-2;;/h28-31H,9-27H2,1-8H3;17-20H,9-16H2,1-8H3;2*1-5H;2*1,3-4H2,2H3;;/q;;4*-1;2*+2. The van der Waals surface area contributed by atoms with Gasteiger partial charge in [0.1, 0.15) is 0 Å². The quantitative estimate of drug-likeness (QED) is 0.0171. The van der Waals surface area contributed by atoms with Crippen molar-refractivity contribution in [2.45, 2.75) is 324 Å². The molecule has 2 heterocycles. The molecule has 6 heteroatoms. The minimum absolute atomic E-state index is 0. The van der Waals surface area contributed by atoms with Crippen molar-refractivity contribution in [1.82, 2.24) is 0 Å². The second-order valence-electron chi connectivity index (χ2n) is 27.7. The van der Waals surface area contributed by atoms with E-state index in [4.69, 9.17) is 0 Å². The summed E-state index contributed by atoms with van der Waals surface area (Å²) in [5, 5.41) is 0. The molecule has 0 aliphatic carbocycles. The summed E-state index contributed by atoms with van der Waals surface area (Å²) >= 11 is 0. The van der Waals surface area contributed by atoms with Crippen LogP contribution in [0.15, 0.2) is 131 Å². The fourth-order valence-electron chi connectivity index (χ4n) is 13.7. The van der Waals surface area contributed by atoms with E-state index in [1.165, 1.54) is 177 Å². The molecule has 6 aromatic rings. The Morgan fingerprint density at radius 3 is 0.822 bits per heavy atom. The summed E-state index contributed by atoms with van der Waals surface area (Å²) in [5.74, 6) is 0. The van der Waals surface area contributed by atoms with Crippen LogP contribution in [0.5, 0.6) is 0 Å². The zero-order valence-corrected chi connectivity index (χ0v) is 69.1. The van der Waals surface area contributed by atoms with E-state index in [2.05, 4.69) is 199 Å². The molecule has 0 bridgehead atoms. The Morgan fingerprint density at radius 1 is 0.297 bits per heavy atom. The van der Waals surface area contributed by atoms with E-state index >= 15 is 0 Å². The Morgan fingerprint density at radius 2 is 0.554 bits per heavy atom. The zero-order chi connectivity index (χ0) is 73.1. The molecule has 0 saturated carbocycles. The van der Waals surface area contributed by atoms with Crippen LogP contribution in [0.2, 0.25) is 0 Å². The molecule has 0 atom stereocenters. The van der Waals surface area contributed by atoms with E-state index < -0.39 is 0 Å². The molecule has 0 N–H and O–H groups in total. The van der Waals surface area contributed by atoms with Crippen molar-refractivity contribution < 1.29 is 42.4 Å². The molecule has 2 aliphatic rings. The van der Waals surface area contributed by atoms with Crippen LogP contribution in [0.1, 0.15) is 333 Å². The van der Waals surface area contributed by atoms with Crippen LogP contribution < -0.4 is 0 Å². The Hall–Kier alpha value is -5.53. The van der Waals surface area contributed by atoms with E-state index in [0.717, 1.165) is 149 Å². The summed E-state index contributed by atoms with van der Waals surface area (Å²) < 4.78 is 3.17. The molecule has 6 aromatic carbocycles. The van der Waals surface area contributed by atoms with Crippen LogP contribution >= 0.6 is 0 Å². The van der Waals surface area contributed by atoms with Crippen LogP contribution in [-0.2, 0) is 71.5 Å². The van der Waals surface area contributed by atoms with Crippen LogP contribution in [0, 0.1) is 67.5 Å². The summed E-state index contributed by atoms with van der Waals surface area (Å²) in [7, 11) is 0. The van der Waals surface area contributed by atoms with Gasteiger partial charge in [0, 0.05) is 44.5 Å². The van der Waals surface area contributed by atoms with Gasteiger partial charge in [-0.1, -0.05) is 186 Å². The third-order valence-corrected chi connectivity index (χ3v) is 19.5. The monoisotopic (exact) mass is 1450 g/mol. The molecular formula is C95H138N4Ni2. The third-order valence-electron chi connectivity index (χ3n) is 19.5. The average molecular weight is 1450 g/mol. The maximum Gasteiger partial charge on any atom is 2.00 e. The molecule has 0 saturated heterocycles. The van der Waals surface area contributed by atoms with Crippen LogP contribution in [0.3, 0.4) is 0 Å². The molecule has 0 fully saturated rings. The molecular weight excluding hydrogens is 1310 g/mol. The number of benzene rings is 6. The van der Waals surface area contributed by atoms with Crippen molar-refractivity contribution in [3.05, 3.63) is 258 Å². The van der Waals surface area contributed by atoms with Gasteiger partial charge >= 0.3 is 33.0 Å². The minimum Gasteiger partial charge on any atom is -0.493 e. The summed E-state index contributed by atoms with van der Waals surface area (Å²) in [6, 6.07) is 43.8. The number of aryl methyl sites for hydroxylation is 8. The molecule has 0 unspecified atom stereocenters. The Labute approximate surface area is 641 Å². The first-order valence-corrected chi connectivity index (χ1v) is 39.8. The number of hydrogen-bond acceptors (Lipinski definition) is 0. The van der Waals surface area contributed by atoms with Gasteiger partial charge in [0.2, 0.25) is 22.8 Å². The normalized spacial score (nSPS) is 12.3. The van der Waals surface area contributed by atoms with E-state index in [0.29, 0.717) is 0 Å². The van der Waals surface area contributed by atoms with E-state index in [-0.39, 0.29) is 33.0 Å². The maximum atomic E-state index is 12.5. The smallest absolute Gasteiger partial charge is 0.493 e. The van der Waals surface area contributed by atoms with E-state index in [1.807, 2.05) is 60.7 Å². The van der Waals surface area contributed by atoms with Crippen molar-refractivity contribution in [3.63, 3.8) is 0 Å². The minimum atomic E-state index is 0. The predicted molar refractivity (Wildman–Crippen MR) is 436 cm³/mol. The summed E-state index contributed by atoms with van der Waals surface area (Å²) in [6.07, 6.45) is 35.7. The molecule has 0 amide bonds. The molecule has 101 heavy (non-hydrogen) atoms. The SMILES string of the molecule is CCCCCC1=C(c2cc(CCC)c(CCC)c(CCC)c2)[N+](=[N-])C(c2cc(CCC)c(CCC)c(CCC)c2)=C1CCCC.CCCCCCCCC1=C(c2cc(C)c(C)c(C)c2)[N+](=[N-])C(c2cc(C)c(C)c(C)c2)=C1CC.[CH2-]CCC.[CH2-]CCC.[Ni+2].[Ni+2].[c-]1ccccc1.[c-]1ccccc1. The maximum absolute atomic E-state index is 12.5. The number of hydrogen-bond donors (Lipinski definition) is 0. The molecule has 8 rings (SSSR count). The van der Waals surface area contributed by atoms with Crippen molar-refractivity contribution in [3.8, 4) is 0 Å². The second-order valence-corrected chi connectivity index (χ2v) is 27.7. The number of rotatable bonds is 33. The van der Waals surface area contributed by atoms with Crippen LogP contribution in [-0.4, -0.2) is 9.39 Å². The molecule has 0 aromatic heterocycles. The second kappa shape index (κ2) is 54.1. The summed E-state index contributed by atoms with van der Waals surface area (Å²) in [4.78, 5) is 0. The van der Waals surface area contributed by atoms with Gasteiger partial charge in [0.25, 0.3) is 0 Å². The Bertz CT molecular complexity index is 3270. The van der Waals surface area contributed by atoms with Crippen molar-refractivity contribution in [1.29, 1.82) is 0 Å². The van der Waals surface area contributed by atoms with Crippen molar-refractivity contribution in [2.75, 3.05) is 0 Å². The third kappa shape index (κ3) is 29.5. The van der Waals surface area contributed by atoms with Gasteiger partial charge in [-0.15, -0.1) is 0 Å². The number of allylic oxidation sites excluding steroid dienone is 4. The van der Waals surface area contributed by atoms with Crippen molar-refractivity contribution >= 4 is 22.8 Å². The predicted octanol–water partition coefficient (Wildman–Crippen LogP) is 29.4. The van der Waals surface area contributed by atoms with Crippen molar-refractivity contribution in [2.24, 2.45) is 0 Å². The summed E-state index contributed by atoms with van der Waals surface area (Å²) in [6.45, 7) is 47.4. The van der Waals surface area contributed by atoms with Crippen LogP contribution in [0.4, 0.5) is 0 Å². The van der Waals surface area contributed by atoms with Gasteiger partial charge in [-0.25, -0.2) is 9.39 Å². The first-order chi connectivity index (χ1) is 48.0. The van der Waals surface area contributed by atoms with E-state index in [1.54, 1.807) is 15.8 Å². The Kier molecular flexibility index (Phi) is 50.1. The van der Waals surface area contributed by atoms with Crippen LogP contribution in [0.25, 0.3) is 33.9 Å². The fourth-order valence-corrected chi connectivity index (χ4v) is 13.7. The average Bonchev–Trinajstić information content (AvgIpc) is 1.61. The molecule has 0 radical (unpaired) electrons. The molecule has 2 aliphatic heterocycles. The van der Waals surface area contributed by atoms with Gasteiger partial charge in [-0.3, -0.25) is 0 Å². The van der Waals surface area contributed by atoms with Gasteiger partial charge < -0.3 is 24.9 Å². The van der Waals surface area contributed by atoms with E-state index in [9.17, 15) is 11.1 Å². The molecule has 558 valence electrons.